The highest BCUT2D eigenvalue weighted by Crippen LogP contribution is 2.17. The first kappa shape index (κ1) is 16.9. The molecule has 1 aromatic carbocycles. The summed E-state index contributed by atoms with van der Waals surface area (Å²) in [5.41, 5.74) is 1.44. The molecule has 0 aliphatic carbocycles. The Morgan fingerprint density at radius 3 is 2.82 bits per heavy atom. The molecule has 0 spiro atoms. The van der Waals surface area contributed by atoms with Crippen LogP contribution in [0.4, 0.5) is 0 Å². The number of carbonyl (C=O) groups is 1. The molecule has 1 aromatic rings. The molecule has 122 valence electrons. The van der Waals surface area contributed by atoms with Crippen LogP contribution >= 0.6 is 0 Å². The van der Waals surface area contributed by atoms with Gasteiger partial charge in [-0.25, -0.2) is 13.1 Å². The highest BCUT2D eigenvalue weighted by atomic mass is 32.2. The monoisotopic (exact) mass is 326 g/mol. The van der Waals surface area contributed by atoms with Gasteiger partial charge in [0.05, 0.1) is 18.1 Å². The smallest absolute Gasteiger partial charge is 0.264 e. The van der Waals surface area contributed by atoms with Gasteiger partial charge < -0.3 is 4.74 Å². The van der Waals surface area contributed by atoms with E-state index in [0.29, 0.717) is 25.3 Å². The highest BCUT2D eigenvalue weighted by Gasteiger charge is 2.31. The van der Waals surface area contributed by atoms with Crippen molar-refractivity contribution in [3.05, 3.63) is 29.3 Å². The minimum Gasteiger partial charge on any atom is -0.378 e. The number of nitrogens with zero attached hydrogens (tertiary/aromatic N) is 1. The van der Waals surface area contributed by atoms with Gasteiger partial charge in [-0.3, -0.25) is 9.69 Å². The first-order chi connectivity index (χ1) is 10.3. The van der Waals surface area contributed by atoms with Crippen LogP contribution in [0.25, 0.3) is 0 Å². The van der Waals surface area contributed by atoms with Gasteiger partial charge in [-0.2, -0.15) is 0 Å². The molecule has 7 heteroatoms. The van der Waals surface area contributed by atoms with E-state index in [-0.39, 0.29) is 11.5 Å². The summed E-state index contributed by atoms with van der Waals surface area (Å²) < 4.78 is 32.4. The summed E-state index contributed by atoms with van der Waals surface area (Å²) >= 11 is 0. The van der Waals surface area contributed by atoms with Crippen molar-refractivity contribution in [1.29, 1.82) is 0 Å². The van der Waals surface area contributed by atoms with Crippen molar-refractivity contribution in [2.45, 2.75) is 31.7 Å². The molecule has 1 N–H and O–H groups in total. The van der Waals surface area contributed by atoms with Crippen LogP contribution in [0.3, 0.4) is 0 Å². The molecule has 0 saturated carbocycles. The highest BCUT2D eigenvalue weighted by molar-refractivity contribution is 7.90. The molecule has 1 unspecified atom stereocenters. The zero-order valence-corrected chi connectivity index (χ0v) is 13.9. The molecule has 22 heavy (non-hydrogen) atoms. The maximum absolute atomic E-state index is 12.5. The lowest BCUT2D eigenvalue weighted by Crippen LogP contribution is -2.54. The van der Waals surface area contributed by atoms with E-state index in [9.17, 15) is 13.2 Å². The molecule has 1 fully saturated rings. The minimum absolute atomic E-state index is 0.139. The lowest BCUT2D eigenvalue weighted by molar-refractivity contribution is -0.130. The quantitative estimate of drug-likeness (QED) is 0.887. The Hall–Kier alpha value is -1.44. The number of sulfonamides is 1. The molecule has 0 bridgehead atoms. The van der Waals surface area contributed by atoms with Crippen molar-refractivity contribution in [1.82, 2.24) is 9.62 Å². The Morgan fingerprint density at radius 2 is 2.14 bits per heavy atom. The fourth-order valence-electron chi connectivity index (χ4n) is 2.51. The van der Waals surface area contributed by atoms with Crippen LogP contribution in [0.5, 0.6) is 0 Å². The van der Waals surface area contributed by atoms with E-state index < -0.39 is 22.0 Å². The fraction of sp³-hybridized carbons (Fsp3) is 0.533. The lowest BCUT2D eigenvalue weighted by Gasteiger charge is -2.33. The number of hydrogen-bond donors (Lipinski definition) is 1. The van der Waals surface area contributed by atoms with Crippen molar-refractivity contribution in [2.75, 3.05) is 26.3 Å². The normalized spacial score (nSPS) is 19.9. The first-order valence-electron chi connectivity index (χ1n) is 7.31. The number of likely N-dealkylation sites (N-methyl/N-ethyl adjacent to an activating group) is 1. The lowest BCUT2D eigenvalue weighted by atomic mass is 10.2. The van der Waals surface area contributed by atoms with Gasteiger partial charge in [0.15, 0.2) is 0 Å². The molecule has 1 heterocycles. The third-order valence-electron chi connectivity index (χ3n) is 3.82. The summed E-state index contributed by atoms with van der Waals surface area (Å²) in [7, 11) is -3.88. The SMILES string of the molecule is CCN1CCOCC1C(=O)NS(=O)(=O)c1cc(C)ccc1C. The first-order valence-corrected chi connectivity index (χ1v) is 8.79. The van der Waals surface area contributed by atoms with Gasteiger partial charge in [0, 0.05) is 6.54 Å². The Morgan fingerprint density at radius 1 is 1.41 bits per heavy atom. The zero-order valence-electron chi connectivity index (χ0n) is 13.1. The third-order valence-corrected chi connectivity index (χ3v) is 5.31. The number of hydrogen-bond acceptors (Lipinski definition) is 5. The summed E-state index contributed by atoms with van der Waals surface area (Å²) in [4.78, 5) is 14.4. The third kappa shape index (κ3) is 3.66. The van der Waals surface area contributed by atoms with E-state index in [1.165, 1.54) is 0 Å². The van der Waals surface area contributed by atoms with Gasteiger partial charge >= 0.3 is 0 Å². The van der Waals surface area contributed by atoms with Crippen LogP contribution in [-0.2, 0) is 19.6 Å². The number of ether oxygens (including phenoxy) is 1. The van der Waals surface area contributed by atoms with Crippen molar-refractivity contribution in [3.8, 4) is 0 Å². The van der Waals surface area contributed by atoms with Crippen molar-refractivity contribution >= 4 is 15.9 Å². The molecule has 1 aliphatic rings. The van der Waals surface area contributed by atoms with E-state index >= 15 is 0 Å². The molecule has 1 atom stereocenters. The number of amides is 1. The van der Waals surface area contributed by atoms with Crippen molar-refractivity contribution in [3.63, 3.8) is 0 Å². The van der Waals surface area contributed by atoms with Crippen LogP contribution in [0.2, 0.25) is 0 Å². The van der Waals surface area contributed by atoms with E-state index in [1.807, 2.05) is 24.8 Å². The number of aryl methyl sites for hydroxylation is 2. The van der Waals surface area contributed by atoms with Crippen LogP contribution in [0.1, 0.15) is 18.1 Å². The molecule has 1 saturated heterocycles. The van der Waals surface area contributed by atoms with Gasteiger partial charge in [0.25, 0.3) is 15.9 Å². The largest absolute Gasteiger partial charge is 0.378 e. The van der Waals surface area contributed by atoms with E-state index in [1.54, 1.807) is 19.1 Å². The number of carbonyl (C=O) groups excluding carboxylic acids is 1. The number of rotatable bonds is 4. The van der Waals surface area contributed by atoms with Gasteiger partial charge in [-0.1, -0.05) is 19.1 Å². The molecule has 1 amide bonds. The molecular weight excluding hydrogens is 304 g/mol. The average molecular weight is 326 g/mol. The van der Waals surface area contributed by atoms with Crippen LogP contribution in [0, 0.1) is 13.8 Å². The Balaban J connectivity index is 2.21. The molecule has 0 radical (unpaired) electrons. The number of nitrogens with one attached hydrogen (secondary N) is 1. The Labute approximate surface area is 131 Å². The van der Waals surface area contributed by atoms with E-state index in [0.717, 1.165) is 5.56 Å². The number of benzene rings is 1. The van der Waals surface area contributed by atoms with Gasteiger partial charge in [-0.15, -0.1) is 0 Å². The summed E-state index contributed by atoms with van der Waals surface area (Å²) in [6, 6.07) is 4.57. The van der Waals surface area contributed by atoms with Gasteiger partial charge in [0.1, 0.15) is 6.04 Å². The standard InChI is InChI=1S/C15H22N2O4S/c1-4-17-7-8-21-10-13(17)15(18)16-22(19,20)14-9-11(2)5-6-12(14)3/h5-6,9,13H,4,7-8,10H2,1-3H3,(H,16,18). The second-order valence-corrected chi connectivity index (χ2v) is 7.11. The molecular formula is C15H22N2O4S. The minimum atomic E-state index is -3.88. The second-order valence-electron chi connectivity index (χ2n) is 5.46. The summed E-state index contributed by atoms with van der Waals surface area (Å²) in [5, 5.41) is 0. The summed E-state index contributed by atoms with van der Waals surface area (Å²) in [6.45, 7) is 7.52. The molecule has 6 nitrogen and oxygen atoms in total. The zero-order chi connectivity index (χ0) is 16.3. The maximum atomic E-state index is 12.5. The van der Waals surface area contributed by atoms with Crippen molar-refractivity contribution in [2.24, 2.45) is 0 Å². The molecule has 0 aromatic heterocycles. The predicted octanol–water partition coefficient (Wildman–Crippen LogP) is 0.829. The van der Waals surface area contributed by atoms with Crippen LogP contribution in [0.15, 0.2) is 23.1 Å². The molecule has 1 aliphatic heterocycles. The van der Waals surface area contributed by atoms with Crippen molar-refractivity contribution < 1.29 is 17.9 Å². The van der Waals surface area contributed by atoms with Crippen LogP contribution in [-0.4, -0.2) is 51.6 Å². The summed E-state index contributed by atoms with van der Waals surface area (Å²) in [5.74, 6) is -0.539. The fourth-order valence-corrected chi connectivity index (χ4v) is 3.85. The van der Waals surface area contributed by atoms with Crippen LogP contribution < -0.4 is 4.72 Å². The molecule has 2 rings (SSSR count). The van der Waals surface area contributed by atoms with Gasteiger partial charge in [-0.05, 0) is 37.6 Å². The number of morpholine rings is 1. The summed E-state index contributed by atoms with van der Waals surface area (Å²) in [6.07, 6.45) is 0. The van der Waals surface area contributed by atoms with E-state index in [4.69, 9.17) is 4.74 Å². The Bertz CT molecular complexity index is 658. The predicted molar refractivity (Wildman–Crippen MR) is 83.1 cm³/mol. The second kappa shape index (κ2) is 6.76. The Kier molecular flexibility index (Phi) is 5.20. The average Bonchev–Trinajstić information content (AvgIpc) is 2.49. The van der Waals surface area contributed by atoms with Gasteiger partial charge in [0.2, 0.25) is 0 Å². The van der Waals surface area contributed by atoms with E-state index in [2.05, 4.69) is 4.72 Å². The topological polar surface area (TPSA) is 75.7 Å². The maximum Gasteiger partial charge on any atom is 0.264 e.